The van der Waals surface area contributed by atoms with Crippen molar-refractivity contribution in [2.24, 2.45) is 0 Å². The molecule has 1 aromatic rings. The van der Waals surface area contributed by atoms with Gasteiger partial charge in [0.1, 0.15) is 12.2 Å². The number of nitrogens with one attached hydrogen (secondary N) is 1. The Morgan fingerprint density at radius 1 is 0.900 bits per heavy atom. The largest absolute Gasteiger partial charge is 0.263 e. The lowest BCUT2D eigenvalue weighted by Crippen LogP contribution is -2.19. The number of nitrogens with zero attached hydrogens (tertiary/aromatic N) is 2. The van der Waals surface area contributed by atoms with E-state index in [-0.39, 0.29) is 5.41 Å². The third-order valence-electron chi connectivity index (χ3n) is 4.21. The Hall–Kier alpha value is -0.860. The maximum Gasteiger partial charge on any atom is 0.137 e. The van der Waals surface area contributed by atoms with Gasteiger partial charge in [0.05, 0.1) is 0 Å². The van der Waals surface area contributed by atoms with Crippen LogP contribution < -0.4 is 0 Å². The number of unbranched alkanes of at least 4 members (excludes halogenated alkanes) is 9. The summed E-state index contributed by atoms with van der Waals surface area (Å²) in [5.74, 6) is 1.02. The summed E-state index contributed by atoms with van der Waals surface area (Å²) in [5.41, 5.74) is 0.136. The molecule has 0 saturated heterocycles. The van der Waals surface area contributed by atoms with E-state index in [0.29, 0.717) is 0 Å². The SMILES string of the molecule is CCCCCCCCCCCCC(C)(C)c1ncn[nH]1. The molecular weight excluding hydrogens is 246 g/mol. The van der Waals surface area contributed by atoms with Gasteiger partial charge < -0.3 is 0 Å². The Labute approximate surface area is 125 Å². The highest BCUT2D eigenvalue weighted by atomic mass is 15.2. The zero-order valence-electron chi connectivity index (χ0n) is 13.7. The highest BCUT2D eigenvalue weighted by Gasteiger charge is 2.22. The van der Waals surface area contributed by atoms with Crippen molar-refractivity contribution in [1.29, 1.82) is 0 Å². The van der Waals surface area contributed by atoms with E-state index in [1.54, 1.807) is 6.33 Å². The standard InChI is InChI=1S/C17H33N3/c1-4-5-6-7-8-9-10-11-12-13-14-17(2,3)16-18-15-19-20-16/h15H,4-14H2,1-3H3,(H,18,19,20). The fraction of sp³-hybridized carbons (Fsp3) is 0.882. The Morgan fingerprint density at radius 3 is 1.95 bits per heavy atom. The lowest BCUT2D eigenvalue weighted by molar-refractivity contribution is 0.420. The van der Waals surface area contributed by atoms with Crippen molar-refractivity contribution in [2.45, 2.75) is 96.8 Å². The van der Waals surface area contributed by atoms with Gasteiger partial charge in [0.25, 0.3) is 0 Å². The van der Waals surface area contributed by atoms with Crippen molar-refractivity contribution in [2.75, 3.05) is 0 Å². The van der Waals surface area contributed by atoms with Crippen LogP contribution in [0.25, 0.3) is 0 Å². The quantitative estimate of drug-likeness (QED) is 0.521. The van der Waals surface area contributed by atoms with Crippen LogP contribution in [0.4, 0.5) is 0 Å². The number of H-pyrrole nitrogens is 1. The van der Waals surface area contributed by atoms with Gasteiger partial charge in [-0.1, -0.05) is 85.0 Å². The van der Waals surface area contributed by atoms with Crippen LogP contribution in [-0.2, 0) is 5.41 Å². The van der Waals surface area contributed by atoms with Gasteiger partial charge in [-0.2, -0.15) is 5.10 Å². The highest BCUT2D eigenvalue weighted by Crippen LogP contribution is 2.26. The van der Waals surface area contributed by atoms with E-state index >= 15 is 0 Å². The molecule has 3 nitrogen and oxygen atoms in total. The van der Waals surface area contributed by atoms with Gasteiger partial charge in [0.2, 0.25) is 0 Å². The van der Waals surface area contributed by atoms with E-state index in [4.69, 9.17) is 0 Å². The predicted molar refractivity (Wildman–Crippen MR) is 85.9 cm³/mol. The third-order valence-corrected chi connectivity index (χ3v) is 4.21. The van der Waals surface area contributed by atoms with Gasteiger partial charge in [-0.05, 0) is 6.42 Å². The first-order chi connectivity index (χ1) is 9.67. The zero-order chi connectivity index (χ0) is 14.7. The molecule has 0 bridgehead atoms. The van der Waals surface area contributed by atoms with Crippen LogP contribution >= 0.6 is 0 Å². The molecule has 3 heteroatoms. The molecule has 0 radical (unpaired) electrons. The minimum atomic E-state index is 0.136. The molecular formula is C17H33N3. The zero-order valence-corrected chi connectivity index (χ0v) is 13.7. The maximum absolute atomic E-state index is 4.29. The summed E-state index contributed by atoms with van der Waals surface area (Å²) in [7, 11) is 0. The van der Waals surface area contributed by atoms with E-state index in [1.165, 1.54) is 70.6 Å². The van der Waals surface area contributed by atoms with Gasteiger partial charge in [0.15, 0.2) is 0 Å². The molecule has 0 aliphatic carbocycles. The van der Waals surface area contributed by atoms with Gasteiger partial charge in [-0.15, -0.1) is 0 Å². The van der Waals surface area contributed by atoms with E-state index in [1.807, 2.05) is 0 Å². The average molecular weight is 279 g/mol. The second-order valence-corrected chi connectivity index (χ2v) is 6.65. The van der Waals surface area contributed by atoms with Crippen LogP contribution in [0.2, 0.25) is 0 Å². The number of aromatic amines is 1. The summed E-state index contributed by atoms with van der Waals surface area (Å²) < 4.78 is 0. The number of hydrogen-bond donors (Lipinski definition) is 1. The summed E-state index contributed by atoms with van der Waals surface area (Å²) >= 11 is 0. The molecule has 1 N–H and O–H groups in total. The lowest BCUT2D eigenvalue weighted by Gasteiger charge is -2.21. The summed E-state index contributed by atoms with van der Waals surface area (Å²) in [4.78, 5) is 4.29. The topological polar surface area (TPSA) is 41.6 Å². The molecule has 0 atom stereocenters. The number of hydrogen-bond acceptors (Lipinski definition) is 2. The minimum absolute atomic E-state index is 0.136. The Kier molecular flexibility index (Phi) is 8.56. The number of aromatic nitrogens is 3. The number of rotatable bonds is 12. The van der Waals surface area contributed by atoms with Crippen molar-refractivity contribution in [1.82, 2.24) is 15.2 Å². The van der Waals surface area contributed by atoms with Crippen LogP contribution in [0.5, 0.6) is 0 Å². The van der Waals surface area contributed by atoms with Crippen molar-refractivity contribution in [3.63, 3.8) is 0 Å². The maximum atomic E-state index is 4.29. The fourth-order valence-electron chi connectivity index (χ4n) is 2.70. The second-order valence-electron chi connectivity index (χ2n) is 6.65. The van der Waals surface area contributed by atoms with Crippen molar-refractivity contribution in [3.8, 4) is 0 Å². The molecule has 1 heterocycles. The molecule has 0 aromatic carbocycles. The van der Waals surface area contributed by atoms with Crippen molar-refractivity contribution < 1.29 is 0 Å². The van der Waals surface area contributed by atoms with Crippen LogP contribution in [0.15, 0.2) is 6.33 Å². The highest BCUT2D eigenvalue weighted by molar-refractivity contribution is 5.00. The van der Waals surface area contributed by atoms with E-state index in [2.05, 4.69) is 36.0 Å². The van der Waals surface area contributed by atoms with E-state index in [9.17, 15) is 0 Å². The van der Waals surface area contributed by atoms with Crippen LogP contribution in [0, 0.1) is 0 Å². The van der Waals surface area contributed by atoms with Crippen LogP contribution in [0.3, 0.4) is 0 Å². The van der Waals surface area contributed by atoms with Crippen molar-refractivity contribution in [3.05, 3.63) is 12.2 Å². The molecule has 0 saturated carbocycles. The third kappa shape index (κ3) is 7.06. The second kappa shape index (κ2) is 9.95. The van der Waals surface area contributed by atoms with Crippen LogP contribution in [-0.4, -0.2) is 15.2 Å². The Balaban J connectivity index is 1.94. The summed E-state index contributed by atoms with van der Waals surface area (Å²) in [6.07, 6.45) is 16.7. The first-order valence-electron chi connectivity index (χ1n) is 8.52. The summed E-state index contributed by atoms with van der Waals surface area (Å²) in [6, 6.07) is 0. The predicted octanol–water partition coefficient (Wildman–Crippen LogP) is 5.39. The minimum Gasteiger partial charge on any atom is -0.263 e. The van der Waals surface area contributed by atoms with E-state index in [0.717, 1.165) is 5.82 Å². The molecule has 0 spiro atoms. The van der Waals surface area contributed by atoms with E-state index < -0.39 is 0 Å². The monoisotopic (exact) mass is 279 g/mol. The van der Waals surface area contributed by atoms with Gasteiger partial charge >= 0.3 is 0 Å². The molecule has 0 aliphatic rings. The van der Waals surface area contributed by atoms with Gasteiger partial charge in [-0.3, -0.25) is 5.10 Å². The molecule has 0 aliphatic heterocycles. The summed E-state index contributed by atoms with van der Waals surface area (Å²) in [6.45, 7) is 6.78. The molecule has 0 unspecified atom stereocenters. The molecule has 1 aromatic heterocycles. The molecule has 20 heavy (non-hydrogen) atoms. The molecule has 0 fully saturated rings. The molecule has 1 rings (SSSR count). The fourth-order valence-corrected chi connectivity index (χ4v) is 2.70. The molecule has 0 amide bonds. The van der Waals surface area contributed by atoms with Crippen LogP contribution in [0.1, 0.15) is 97.2 Å². The molecule has 116 valence electrons. The Morgan fingerprint density at radius 2 is 1.45 bits per heavy atom. The first-order valence-corrected chi connectivity index (χ1v) is 8.52. The van der Waals surface area contributed by atoms with Gasteiger partial charge in [0, 0.05) is 5.41 Å². The lowest BCUT2D eigenvalue weighted by atomic mass is 9.86. The van der Waals surface area contributed by atoms with Crippen molar-refractivity contribution >= 4 is 0 Å². The smallest absolute Gasteiger partial charge is 0.137 e. The Bertz CT molecular complexity index is 317. The van der Waals surface area contributed by atoms with Gasteiger partial charge in [-0.25, -0.2) is 4.98 Å². The first kappa shape index (κ1) is 17.2. The normalized spacial score (nSPS) is 11.9. The summed E-state index contributed by atoms with van der Waals surface area (Å²) in [5, 5.41) is 6.95. The average Bonchev–Trinajstić information content (AvgIpc) is 2.96.